The summed E-state index contributed by atoms with van der Waals surface area (Å²) in [5, 5.41) is 17.7. The van der Waals surface area contributed by atoms with Gasteiger partial charge in [-0.3, -0.25) is 43.3 Å². The van der Waals surface area contributed by atoms with Gasteiger partial charge >= 0.3 is 18.0 Å². The summed E-state index contributed by atoms with van der Waals surface area (Å²) in [7, 11) is 4.46. The number of ketones is 2. The molecule has 2 saturated heterocycles. The number of epoxide rings is 1. The van der Waals surface area contributed by atoms with Crippen LogP contribution in [0.25, 0.3) is 0 Å². The molecule has 4 aliphatic heterocycles. The molecule has 0 aromatic heterocycles. The Morgan fingerprint density at radius 2 is 1.66 bits per heavy atom. The summed E-state index contributed by atoms with van der Waals surface area (Å²) in [5.41, 5.74) is 5.96. The summed E-state index contributed by atoms with van der Waals surface area (Å²) < 4.78 is 24.2. The van der Waals surface area contributed by atoms with Crippen LogP contribution in [0.5, 0.6) is 0 Å². The van der Waals surface area contributed by atoms with Crippen LogP contribution >= 0.6 is 11.6 Å². The molecule has 4 heterocycles. The summed E-state index contributed by atoms with van der Waals surface area (Å²) in [5.74, 6) is -5.82. The lowest BCUT2D eigenvalue weighted by Crippen LogP contribution is -2.53. The van der Waals surface area contributed by atoms with E-state index >= 15 is 0 Å². The van der Waals surface area contributed by atoms with Gasteiger partial charge in [0, 0.05) is 89.5 Å². The summed E-state index contributed by atoms with van der Waals surface area (Å²) in [4.78, 5) is 136. The average molecular weight is 1200 g/mol. The van der Waals surface area contributed by atoms with Crippen LogP contribution in [-0.2, 0) is 70.1 Å². The highest BCUT2D eigenvalue weighted by Crippen LogP contribution is 2.50. The molecule has 5 N–H and O–H groups in total. The molecule has 4 aliphatic rings. The van der Waals surface area contributed by atoms with Crippen LogP contribution < -0.4 is 21.3 Å². The number of carbonyl (C=O) groups is 10. The van der Waals surface area contributed by atoms with Crippen molar-refractivity contribution < 1.29 is 72.0 Å². The third kappa shape index (κ3) is 17.3. The smallest absolute Gasteiger partial charge is 0.328 e. The topological polar surface area (TPSA) is 291 Å². The number of esters is 2. The minimum Gasteiger partial charge on any atom is -0.462 e. The zero-order chi connectivity index (χ0) is 62.7. The fourth-order valence-electron chi connectivity index (χ4n) is 11.3. The van der Waals surface area contributed by atoms with Crippen molar-refractivity contribution in [2.24, 2.45) is 23.5 Å². The molecular formula is C63H83ClN6O15. The number of aryl methyl sites for hydroxylation is 1. The monoisotopic (exact) mass is 1200 g/mol. The molecule has 2 aromatic rings. The SMILES string of the molecule is CO[C@@H]1/C=C/C=C(\C)Cc2cc(C)c(Cl)c(c2)N(C)C(=O)C[C@H](OC(=O)[C@H](C)N(C)C(=O)c2ccc(CC(=O)[C@H](CCCNC(N)=O)NC(=O)[C@@H](CC(=O)CCCCCN3C(=O)C=CC3=O)C(C)C)cc2)[C@]2(C)O[C@H]2[C@H](C)[C@@H]2C[C@@]1(O)CC(=O)O2. The number of anilines is 1. The zero-order valence-electron chi connectivity index (χ0n) is 50.4. The first-order valence-corrected chi connectivity index (χ1v) is 29.4. The first kappa shape index (κ1) is 67.1. The van der Waals surface area contributed by atoms with Gasteiger partial charge in [-0.05, 0) is 101 Å². The number of likely N-dealkylation sites (N-methyl/N-ethyl adjacent to an activating group) is 1. The molecule has 0 spiro atoms. The van der Waals surface area contributed by atoms with E-state index in [0.29, 0.717) is 42.0 Å². The molecule has 0 saturated carbocycles. The van der Waals surface area contributed by atoms with Crippen molar-refractivity contribution in [3.8, 4) is 0 Å². The van der Waals surface area contributed by atoms with E-state index in [0.717, 1.165) is 21.6 Å². The number of primary amides is 1. The van der Waals surface area contributed by atoms with Crippen LogP contribution in [0, 0.1) is 24.7 Å². The fourth-order valence-corrected chi connectivity index (χ4v) is 11.5. The second-order valence-corrected chi connectivity index (χ2v) is 24.0. The van der Waals surface area contributed by atoms with E-state index < -0.39 is 95.2 Å². The van der Waals surface area contributed by atoms with E-state index in [-0.39, 0.29) is 99.3 Å². The number of nitrogens with two attached hydrogens (primary N) is 1. The van der Waals surface area contributed by atoms with Gasteiger partial charge in [-0.1, -0.05) is 80.8 Å². The minimum atomic E-state index is -1.64. The van der Waals surface area contributed by atoms with E-state index in [9.17, 15) is 53.1 Å². The van der Waals surface area contributed by atoms with Gasteiger partial charge in [0.25, 0.3) is 17.7 Å². The van der Waals surface area contributed by atoms with Gasteiger partial charge in [0.2, 0.25) is 11.8 Å². The number of methoxy groups -OCH3 is 1. The molecule has 6 rings (SSSR count). The first-order valence-electron chi connectivity index (χ1n) is 29.1. The molecule has 85 heavy (non-hydrogen) atoms. The molecule has 0 unspecified atom stereocenters. The number of fused-ring (bicyclic) bond motifs is 5. The molecular weight excluding hydrogens is 1120 g/mol. The summed E-state index contributed by atoms with van der Waals surface area (Å²) >= 11 is 6.86. The Morgan fingerprint density at radius 3 is 2.31 bits per heavy atom. The van der Waals surface area contributed by atoms with Crippen molar-refractivity contribution in [3.05, 3.63) is 99.6 Å². The number of amides is 7. The number of hydrogen-bond acceptors (Lipinski definition) is 15. The largest absolute Gasteiger partial charge is 0.462 e. The molecule has 21 nitrogen and oxygen atoms in total. The minimum absolute atomic E-state index is 0.00198. The van der Waals surface area contributed by atoms with Gasteiger partial charge in [0.05, 0.1) is 35.7 Å². The van der Waals surface area contributed by atoms with Crippen molar-refractivity contribution in [2.75, 3.05) is 39.2 Å². The predicted octanol–water partition coefficient (Wildman–Crippen LogP) is 6.14. The highest BCUT2D eigenvalue weighted by molar-refractivity contribution is 6.34. The highest BCUT2D eigenvalue weighted by Gasteiger charge is 2.64. The molecule has 0 aliphatic carbocycles. The van der Waals surface area contributed by atoms with E-state index in [4.69, 9.17) is 36.3 Å². The number of carbonyl (C=O) groups excluding carboxylic acids is 10. The van der Waals surface area contributed by atoms with Crippen LogP contribution in [0.3, 0.4) is 0 Å². The van der Waals surface area contributed by atoms with Crippen molar-refractivity contribution in [1.82, 2.24) is 20.4 Å². The summed E-state index contributed by atoms with van der Waals surface area (Å²) in [6.07, 6.45) is 5.91. The van der Waals surface area contributed by atoms with Gasteiger partial charge in [0.1, 0.15) is 41.3 Å². The van der Waals surface area contributed by atoms with E-state index in [1.807, 2.05) is 45.9 Å². The van der Waals surface area contributed by atoms with Gasteiger partial charge in [-0.2, -0.15) is 0 Å². The maximum atomic E-state index is 14.5. The Bertz CT molecular complexity index is 2940. The third-order valence-corrected chi connectivity index (χ3v) is 17.3. The molecule has 2 fully saturated rings. The van der Waals surface area contributed by atoms with Crippen LogP contribution in [0.1, 0.15) is 133 Å². The normalized spacial score (nSPS) is 25.4. The van der Waals surface area contributed by atoms with E-state index in [2.05, 4.69) is 10.6 Å². The number of hydrogen-bond donors (Lipinski definition) is 4. The molecule has 7 amide bonds. The number of urea groups is 1. The Labute approximate surface area is 502 Å². The Kier molecular flexibility index (Phi) is 23.2. The Hall–Kier alpha value is -7.07. The summed E-state index contributed by atoms with van der Waals surface area (Å²) in [6, 6.07) is 6.96. The molecule has 22 heteroatoms. The molecule has 462 valence electrons. The first-order chi connectivity index (χ1) is 40.1. The lowest BCUT2D eigenvalue weighted by Gasteiger charge is -2.41. The number of imide groups is 1. The maximum Gasteiger partial charge on any atom is 0.328 e. The maximum absolute atomic E-state index is 14.5. The Balaban J connectivity index is 1.14. The quantitative estimate of drug-likeness (QED) is 0.0421. The molecule has 4 bridgehead atoms. The van der Waals surface area contributed by atoms with Gasteiger partial charge in [-0.15, -0.1) is 0 Å². The van der Waals surface area contributed by atoms with Crippen LogP contribution in [0.15, 0.2) is 72.4 Å². The predicted molar refractivity (Wildman–Crippen MR) is 316 cm³/mol. The van der Waals surface area contributed by atoms with Crippen molar-refractivity contribution >= 4 is 76.4 Å². The van der Waals surface area contributed by atoms with Crippen molar-refractivity contribution in [3.63, 3.8) is 0 Å². The summed E-state index contributed by atoms with van der Waals surface area (Å²) in [6.45, 7) is 12.8. The number of halogens is 1. The van der Waals surface area contributed by atoms with Gasteiger partial charge < -0.3 is 50.2 Å². The van der Waals surface area contributed by atoms with Gasteiger partial charge in [0.15, 0.2) is 5.78 Å². The highest BCUT2D eigenvalue weighted by atomic mass is 35.5. The fraction of sp³-hybridized carbons (Fsp3) is 0.556. The zero-order valence-corrected chi connectivity index (χ0v) is 51.2. The number of nitrogens with zero attached hydrogens (tertiary/aromatic N) is 3. The third-order valence-electron chi connectivity index (χ3n) is 16.8. The molecule has 0 radical (unpaired) electrons. The van der Waals surface area contributed by atoms with E-state index in [1.54, 1.807) is 45.2 Å². The number of rotatable bonds is 23. The second kappa shape index (κ2) is 29.3. The van der Waals surface area contributed by atoms with E-state index in [1.165, 1.54) is 55.2 Å². The number of benzene rings is 2. The van der Waals surface area contributed by atoms with Gasteiger partial charge in [-0.25, -0.2) is 9.59 Å². The molecule has 2 aromatic carbocycles. The lowest BCUT2D eigenvalue weighted by molar-refractivity contribution is -0.187. The Morgan fingerprint density at radius 1 is 0.976 bits per heavy atom. The molecule has 10 atom stereocenters. The van der Waals surface area contributed by atoms with Crippen LogP contribution in [-0.4, -0.2) is 156 Å². The second-order valence-electron chi connectivity index (χ2n) is 23.6. The number of allylic oxidation sites excluding steroid dienone is 3. The standard InChI is InChI=1S/C63H83ClN6O15/c1-36(2)45(32-44(71)17-12-11-13-27-70-52(73)24-25-53(70)74)58(77)67-46(18-15-26-66-61(65)80)48(72)31-41-20-22-43(23-21-41)59(78)68(8)40(6)60(79)84-51-33-54(75)69(9)47-30-42(29-38(4)56(47)64)28-37(3)16-14-19-50(82-10)63(81)34-49(83-55(76)35-63)39(5)57-62(51,7)85-57/h14,16,19-25,29-30,36,39-40,45-46,49-51,57,81H,11-13,15,17-18,26-28,31-35H2,1-10H3,(H,67,77)(H3,65,66,80)/b19-14+,37-16+/t39-,40+,45+,46+,49+,50-,51+,57+,62+,63-/m1/s1. The van der Waals surface area contributed by atoms with Crippen LogP contribution in [0.2, 0.25) is 5.02 Å². The number of Topliss-reactive ketones (excluding diaryl/α,β-unsaturated/α-hetero) is 2. The van der Waals surface area contributed by atoms with Crippen molar-refractivity contribution in [1.29, 1.82) is 0 Å². The van der Waals surface area contributed by atoms with Crippen LogP contribution in [0.4, 0.5) is 10.5 Å². The number of unbranched alkanes of at least 4 members (excludes halogenated alkanes) is 2. The average Bonchev–Trinajstić information content (AvgIpc) is 1.64. The number of aliphatic hydroxyl groups is 1. The number of ether oxygens (including phenoxy) is 4. The van der Waals surface area contributed by atoms with Crippen molar-refractivity contribution in [2.45, 2.75) is 173 Å². The number of nitrogens with one attached hydrogen (secondary N) is 2. The lowest BCUT2D eigenvalue weighted by atomic mass is 9.78.